The van der Waals surface area contributed by atoms with Crippen molar-refractivity contribution in [3.05, 3.63) is 11.9 Å². The molecule has 1 aromatic heterocycles. The van der Waals surface area contributed by atoms with Crippen LogP contribution in [0, 0.1) is 0 Å². The van der Waals surface area contributed by atoms with E-state index in [-0.39, 0.29) is 13.1 Å². The molecule has 1 rings (SSSR count). The number of alkyl halides is 2. The summed E-state index contributed by atoms with van der Waals surface area (Å²) in [5, 5.41) is 19.8. The van der Waals surface area contributed by atoms with Crippen molar-refractivity contribution in [1.29, 1.82) is 0 Å². The molecular formula is C8H11F2N5O3. The van der Waals surface area contributed by atoms with Gasteiger partial charge in [0.2, 0.25) is 0 Å². The molecule has 3 N–H and O–H groups in total. The molecule has 0 radical (unpaired) electrons. The number of rotatable bonds is 6. The smallest absolute Gasteiger partial charge is 0.325 e. The lowest BCUT2D eigenvalue weighted by Gasteiger charge is -2.04. The fraction of sp³-hybridized carbons (Fsp3) is 0.500. The lowest BCUT2D eigenvalue weighted by atomic mass is 10.5. The van der Waals surface area contributed by atoms with Gasteiger partial charge in [-0.05, 0) is 0 Å². The fourth-order valence-electron chi connectivity index (χ4n) is 1.04. The van der Waals surface area contributed by atoms with Crippen molar-refractivity contribution in [3.8, 4) is 0 Å². The Bertz CT molecular complexity index is 423. The lowest BCUT2D eigenvalue weighted by molar-refractivity contribution is -0.137. The molecule has 0 saturated heterocycles. The van der Waals surface area contributed by atoms with Gasteiger partial charge in [-0.25, -0.2) is 18.3 Å². The minimum absolute atomic E-state index is 0.0330. The number of carboxylic acid groups (broad SMARTS) is 1. The second-order valence-corrected chi connectivity index (χ2v) is 3.26. The number of nitrogens with zero attached hydrogens (tertiary/aromatic N) is 3. The maximum atomic E-state index is 11.8. The van der Waals surface area contributed by atoms with E-state index >= 15 is 0 Å². The SMILES string of the molecule is O=C(O)Cn1cc(CNC(=O)NCC(F)F)nn1. The number of amides is 2. The number of aromatic nitrogens is 3. The fourth-order valence-corrected chi connectivity index (χ4v) is 1.04. The van der Waals surface area contributed by atoms with Crippen molar-refractivity contribution in [2.45, 2.75) is 19.5 Å². The molecule has 18 heavy (non-hydrogen) atoms. The van der Waals surface area contributed by atoms with Gasteiger partial charge >= 0.3 is 12.0 Å². The highest BCUT2D eigenvalue weighted by Crippen LogP contribution is 1.93. The predicted octanol–water partition coefficient (Wildman–Crippen LogP) is -0.573. The van der Waals surface area contributed by atoms with Gasteiger partial charge in [-0.15, -0.1) is 5.10 Å². The largest absolute Gasteiger partial charge is 0.480 e. The maximum absolute atomic E-state index is 11.8. The van der Waals surface area contributed by atoms with Gasteiger partial charge in [0.15, 0.2) is 0 Å². The number of nitrogens with one attached hydrogen (secondary N) is 2. The molecule has 2 amide bonds. The number of carbonyl (C=O) groups is 2. The van der Waals surface area contributed by atoms with Gasteiger partial charge in [0, 0.05) is 0 Å². The van der Waals surface area contributed by atoms with Crippen molar-refractivity contribution in [2.24, 2.45) is 0 Å². The van der Waals surface area contributed by atoms with Gasteiger partial charge < -0.3 is 15.7 Å². The Morgan fingerprint density at radius 1 is 1.44 bits per heavy atom. The van der Waals surface area contributed by atoms with Crippen LogP contribution in [0.4, 0.5) is 13.6 Å². The first-order valence-corrected chi connectivity index (χ1v) is 4.88. The Hall–Kier alpha value is -2.26. The van der Waals surface area contributed by atoms with E-state index in [1.807, 2.05) is 5.32 Å². The quantitative estimate of drug-likeness (QED) is 0.636. The Labute approximate surface area is 100.0 Å². The summed E-state index contributed by atoms with van der Waals surface area (Å²) in [4.78, 5) is 21.4. The van der Waals surface area contributed by atoms with E-state index in [2.05, 4.69) is 15.6 Å². The van der Waals surface area contributed by atoms with Gasteiger partial charge in [0.1, 0.15) is 12.2 Å². The molecule has 0 spiro atoms. The molecule has 8 nitrogen and oxygen atoms in total. The Balaban J connectivity index is 2.32. The van der Waals surface area contributed by atoms with E-state index in [0.29, 0.717) is 5.69 Å². The molecule has 1 heterocycles. The predicted molar refractivity (Wildman–Crippen MR) is 53.9 cm³/mol. The Kier molecular flexibility index (Phi) is 4.96. The minimum atomic E-state index is -2.62. The molecule has 0 atom stereocenters. The number of hydrogen-bond acceptors (Lipinski definition) is 4. The van der Waals surface area contributed by atoms with Crippen LogP contribution in [0.5, 0.6) is 0 Å². The number of carboxylic acids is 1. The second-order valence-electron chi connectivity index (χ2n) is 3.26. The van der Waals surface area contributed by atoms with Crippen LogP contribution >= 0.6 is 0 Å². The first kappa shape index (κ1) is 13.8. The molecule has 0 aliphatic rings. The average Bonchev–Trinajstić information content (AvgIpc) is 2.70. The van der Waals surface area contributed by atoms with Crippen LogP contribution in [-0.4, -0.2) is 45.1 Å². The van der Waals surface area contributed by atoms with E-state index in [1.54, 1.807) is 0 Å². The Morgan fingerprint density at radius 3 is 2.78 bits per heavy atom. The molecule has 0 fully saturated rings. The van der Waals surface area contributed by atoms with E-state index < -0.39 is 25.0 Å². The van der Waals surface area contributed by atoms with E-state index in [1.165, 1.54) is 6.20 Å². The van der Waals surface area contributed by atoms with Crippen LogP contribution in [0.15, 0.2) is 6.20 Å². The van der Waals surface area contributed by atoms with Gasteiger partial charge in [0.25, 0.3) is 6.43 Å². The maximum Gasteiger partial charge on any atom is 0.325 e. The van der Waals surface area contributed by atoms with E-state index in [0.717, 1.165) is 4.68 Å². The third-order valence-corrected chi connectivity index (χ3v) is 1.73. The van der Waals surface area contributed by atoms with E-state index in [9.17, 15) is 18.4 Å². The molecule has 100 valence electrons. The summed E-state index contributed by atoms with van der Waals surface area (Å²) in [6, 6.07) is -0.761. The molecule has 1 aromatic rings. The van der Waals surface area contributed by atoms with Crippen molar-refractivity contribution in [2.75, 3.05) is 6.54 Å². The highest BCUT2D eigenvalue weighted by Gasteiger charge is 2.08. The summed E-state index contributed by atoms with van der Waals surface area (Å²) >= 11 is 0. The van der Waals surface area contributed by atoms with Crippen LogP contribution < -0.4 is 10.6 Å². The zero-order chi connectivity index (χ0) is 13.5. The van der Waals surface area contributed by atoms with Gasteiger partial charge in [-0.3, -0.25) is 4.79 Å². The normalized spacial score (nSPS) is 10.4. The van der Waals surface area contributed by atoms with Crippen LogP contribution in [0.25, 0.3) is 0 Å². The molecule has 0 saturated carbocycles. The number of urea groups is 1. The van der Waals surface area contributed by atoms with Gasteiger partial charge in [-0.1, -0.05) is 5.21 Å². The molecule has 0 unspecified atom stereocenters. The third kappa shape index (κ3) is 5.18. The van der Waals surface area contributed by atoms with Crippen molar-refractivity contribution in [3.63, 3.8) is 0 Å². The standard InChI is InChI=1S/C8H11F2N5O3/c9-6(10)2-12-8(18)11-1-5-3-15(14-13-5)4-7(16)17/h3,6H,1-2,4H2,(H,16,17)(H2,11,12,18). The first-order valence-electron chi connectivity index (χ1n) is 4.88. The van der Waals surface area contributed by atoms with Gasteiger partial charge in [-0.2, -0.15) is 0 Å². The van der Waals surface area contributed by atoms with Gasteiger partial charge in [0.05, 0.1) is 19.3 Å². The number of halogens is 2. The monoisotopic (exact) mass is 263 g/mol. The zero-order valence-electron chi connectivity index (χ0n) is 9.14. The van der Waals surface area contributed by atoms with E-state index in [4.69, 9.17) is 5.11 Å². The molecule has 0 aliphatic carbocycles. The molecule has 0 bridgehead atoms. The minimum Gasteiger partial charge on any atom is -0.480 e. The summed E-state index contributed by atoms with van der Waals surface area (Å²) in [6.45, 7) is -1.11. The summed E-state index contributed by atoms with van der Waals surface area (Å²) in [5.74, 6) is -1.07. The van der Waals surface area contributed by atoms with Crippen LogP contribution in [0.2, 0.25) is 0 Å². The van der Waals surface area contributed by atoms with Crippen molar-refractivity contribution in [1.82, 2.24) is 25.6 Å². The third-order valence-electron chi connectivity index (χ3n) is 1.73. The topological polar surface area (TPSA) is 109 Å². The number of aliphatic carboxylic acids is 1. The Morgan fingerprint density at radius 2 is 2.17 bits per heavy atom. The number of carbonyl (C=O) groups excluding carboxylic acids is 1. The van der Waals surface area contributed by atoms with Crippen LogP contribution in [0.3, 0.4) is 0 Å². The second kappa shape index (κ2) is 6.47. The molecular weight excluding hydrogens is 252 g/mol. The molecule has 0 aliphatic heterocycles. The first-order chi connectivity index (χ1) is 8.47. The highest BCUT2D eigenvalue weighted by atomic mass is 19.3. The van der Waals surface area contributed by atoms with Crippen LogP contribution in [-0.2, 0) is 17.9 Å². The van der Waals surface area contributed by atoms with Crippen molar-refractivity contribution >= 4 is 12.0 Å². The lowest BCUT2D eigenvalue weighted by Crippen LogP contribution is -2.37. The zero-order valence-corrected chi connectivity index (χ0v) is 9.14. The summed E-state index contributed by atoms with van der Waals surface area (Å²) < 4.78 is 24.6. The average molecular weight is 263 g/mol. The van der Waals surface area contributed by atoms with Crippen molar-refractivity contribution < 1.29 is 23.5 Å². The summed E-state index contributed by atoms with van der Waals surface area (Å²) in [6.07, 6.45) is -1.28. The highest BCUT2D eigenvalue weighted by molar-refractivity contribution is 5.73. The summed E-state index contributed by atoms with van der Waals surface area (Å²) in [5.41, 5.74) is 0.323. The molecule has 10 heteroatoms. The molecule has 0 aromatic carbocycles. The summed E-state index contributed by atoms with van der Waals surface area (Å²) in [7, 11) is 0. The van der Waals surface area contributed by atoms with Crippen LogP contribution in [0.1, 0.15) is 5.69 Å². The number of hydrogen-bond donors (Lipinski definition) is 3.